The molecule has 0 saturated heterocycles. The monoisotopic (exact) mass is 305 g/mol. The number of benzene rings is 2. The highest BCUT2D eigenvalue weighted by atomic mass is 35.5. The van der Waals surface area contributed by atoms with E-state index in [2.05, 4.69) is 5.32 Å². The fourth-order valence-corrected chi connectivity index (χ4v) is 2.04. The Labute approximate surface area is 128 Å². The number of aryl methyl sites for hydroxylation is 1. The Kier molecular flexibility index (Phi) is 5.06. The van der Waals surface area contributed by atoms with Crippen LogP contribution in [-0.4, -0.2) is 19.6 Å². The van der Waals surface area contributed by atoms with Crippen LogP contribution in [0.3, 0.4) is 0 Å². The van der Waals surface area contributed by atoms with Crippen molar-refractivity contribution in [1.82, 2.24) is 0 Å². The fraction of sp³-hybridized carbons (Fsp3) is 0.188. The molecule has 0 unspecified atom stereocenters. The zero-order valence-electron chi connectivity index (χ0n) is 11.9. The van der Waals surface area contributed by atoms with Crippen molar-refractivity contribution in [2.75, 3.05) is 19.0 Å². The van der Waals surface area contributed by atoms with Gasteiger partial charge in [0.2, 0.25) is 0 Å². The van der Waals surface area contributed by atoms with E-state index in [4.69, 9.17) is 21.1 Å². The minimum atomic E-state index is -0.238. The minimum absolute atomic E-state index is 0.0698. The molecule has 1 N–H and O–H groups in total. The number of nitrogens with one attached hydrogen (secondary N) is 1. The Morgan fingerprint density at radius 1 is 1.24 bits per heavy atom. The summed E-state index contributed by atoms with van der Waals surface area (Å²) in [4.78, 5) is 11.9. The van der Waals surface area contributed by atoms with E-state index in [9.17, 15) is 4.79 Å². The van der Waals surface area contributed by atoms with Gasteiger partial charge in [-0.2, -0.15) is 0 Å². The van der Waals surface area contributed by atoms with Crippen LogP contribution < -0.4 is 14.8 Å². The zero-order valence-corrected chi connectivity index (χ0v) is 12.6. The van der Waals surface area contributed by atoms with Gasteiger partial charge >= 0.3 is 0 Å². The maximum atomic E-state index is 11.9. The quantitative estimate of drug-likeness (QED) is 0.916. The smallest absolute Gasteiger partial charge is 0.262 e. The third-order valence-corrected chi connectivity index (χ3v) is 3.08. The molecule has 0 bridgehead atoms. The van der Waals surface area contributed by atoms with Crippen molar-refractivity contribution in [3.63, 3.8) is 0 Å². The summed E-state index contributed by atoms with van der Waals surface area (Å²) in [5.41, 5.74) is 1.55. The Bertz CT molecular complexity index is 643. The molecule has 0 spiro atoms. The highest BCUT2D eigenvalue weighted by Crippen LogP contribution is 2.22. The average Bonchev–Trinajstić information content (AvgIpc) is 2.46. The van der Waals surface area contributed by atoms with Crippen LogP contribution in [0.2, 0.25) is 5.02 Å². The van der Waals surface area contributed by atoms with Gasteiger partial charge in [-0.25, -0.2) is 0 Å². The number of ether oxygens (including phenoxy) is 2. The first-order valence-corrected chi connectivity index (χ1v) is 6.79. The predicted octanol–water partition coefficient (Wildman–Crippen LogP) is 3.67. The fourth-order valence-electron chi connectivity index (χ4n) is 1.82. The second-order valence-corrected chi connectivity index (χ2v) is 4.92. The van der Waals surface area contributed by atoms with Crippen molar-refractivity contribution >= 4 is 23.2 Å². The number of methoxy groups -OCH3 is 1. The van der Waals surface area contributed by atoms with Crippen LogP contribution in [0.1, 0.15) is 5.56 Å². The molecule has 5 heteroatoms. The lowest BCUT2D eigenvalue weighted by molar-refractivity contribution is -0.118. The van der Waals surface area contributed by atoms with Gasteiger partial charge in [-0.15, -0.1) is 0 Å². The summed E-state index contributed by atoms with van der Waals surface area (Å²) in [5, 5.41) is 3.39. The van der Waals surface area contributed by atoms with Crippen LogP contribution in [0, 0.1) is 6.92 Å². The number of halogens is 1. The molecule has 0 radical (unpaired) electrons. The van der Waals surface area contributed by atoms with E-state index in [0.29, 0.717) is 22.2 Å². The SMILES string of the molecule is COc1cccc(NC(=O)COc2ccc(Cl)cc2C)c1. The summed E-state index contributed by atoms with van der Waals surface area (Å²) in [6, 6.07) is 12.4. The predicted molar refractivity (Wildman–Crippen MR) is 83.3 cm³/mol. The van der Waals surface area contributed by atoms with Crippen LogP contribution in [0.15, 0.2) is 42.5 Å². The molecular formula is C16H16ClNO3. The van der Waals surface area contributed by atoms with Gasteiger partial charge in [0.25, 0.3) is 5.91 Å². The van der Waals surface area contributed by atoms with Crippen molar-refractivity contribution in [1.29, 1.82) is 0 Å². The van der Waals surface area contributed by atoms with Crippen molar-refractivity contribution in [2.45, 2.75) is 6.92 Å². The van der Waals surface area contributed by atoms with Crippen molar-refractivity contribution < 1.29 is 14.3 Å². The van der Waals surface area contributed by atoms with Crippen molar-refractivity contribution in [3.05, 3.63) is 53.1 Å². The van der Waals surface area contributed by atoms with Gasteiger partial charge in [0.1, 0.15) is 11.5 Å². The largest absolute Gasteiger partial charge is 0.497 e. The lowest BCUT2D eigenvalue weighted by Gasteiger charge is -2.10. The summed E-state index contributed by atoms with van der Waals surface area (Å²) in [6.45, 7) is 1.81. The number of amides is 1. The number of hydrogen-bond donors (Lipinski definition) is 1. The Hall–Kier alpha value is -2.20. The average molecular weight is 306 g/mol. The summed E-state index contributed by atoms with van der Waals surface area (Å²) in [7, 11) is 1.58. The van der Waals surface area contributed by atoms with Crippen LogP contribution >= 0.6 is 11.6 Å². The van der Waals surface area contributed by atoms with Gasteiger partial charge in [0.05, 0.1) is 7.11 Å². The Morgan fingerprint density at radius 3 is 2.76 bits per heavy atom. The van der Waals surface area contributed by atoms with Gasteiger partial charge in [-0.3, -0.25) is 4.79 Å². The lowest BCUT2D eigenvalue weighted by atomic mass is 10.2. The third-order valence-electron chi connectivity index (χ3n) is 2.85. The second kappa shape index (κ2) is 6.99. The third kappa shape index (κ3) is 4.39. The summed E-state index contributed by atoms with van der Waals surface area (Å²) < 4.78 is 10.6. The molecule has 110 valence electrons. The molecule has 2 aromatic rings. The molecule has 2 aromatic carbocycles. The van der Waals surface area contributed by atoms with E-state index in [0.717, 1.165) is 5.56 Å². The lowest BCUT2D eigenvalue weighted by Crippen LogP contribution is -2.20. The normalized spacial score (nSPS) is 10.0. The van der Waals surface area contributed by atoms with E-state index >= 15 is 0 Å². The molecule has 0 atom stereocenters. The molecule has 0 saturated carbocycles. The summed E-state index contributed by atoms with van der Waals surface area (Å²) in [6.07, 6.45) is 0. The molecule has 0 fully saturated rings. The molecule has 4 nitrogen and oxygen atoms in total. The van der Waals surface area contributed by atoms with E-state index in [-0.39, 0.29) is 12.5 Å². The number of carbonyl (C=O) groups excluding carboxylic acids is 1. The minimum Gasteiger partial charge on any atom is -0.497 e. The van der Waals surface area contributed by atoms with E-state index in [1.165, 1.54) is 0 Å². The van der Waals surface area contributed by atoms with E-state index in [1.807, 2.05) is 13.0 Å². The van der Waals surface area contributed by atoms with Gasteiger partial charge in [-0.05, 0) is 42.8 Å². The van der Waals surface area contributed by atoms with E-state index in [1.54, 1.807) is 43.5 Å². The number of anilines is 1. The van der Waals surface area contributed by atoms with Gasteiger partial charge in [-0.1, -0.05) is 17.7 Å². The van der Waals surface area contributed by atoms with Crippen molar-refractivity contribution in [2.24, 2.45) is 0 Å². The first kappa shape index (κ1) is 15.2. The molecular weight excluding hydrogens is 290 g/mol. The summed E-state index contributed by atoms with van der Waals surface area (Å²) in [5.74, 6) is 1.08. The molecule has 0 aromatic heterocycles. The molecule has 0 heterocycles. The highest BCUT2D eigenvalue weighted by Gasteiger charge is 2.06. The van der Waals surface area contributed by atoms with Gasteiger partial charge in [0, 0.05) is 16.8 Å². The molecule has 1 amide bonds. The first-order valence-electron chi connectivity index (χ1n) is 6.41. The Morgan fingerprint density at radius 2 is 2.05 bits per heavy atom. The highest BCUT2D eigenvalue weighted by molar-refractivity contribution is 6.30. The maximum Gasteiger partial charge on any atom is 0.262 e. The molecule has 2 rings (SSSR count). The first-order chi connectivity index (χ1) is 10.1. The number of carbonyl (C=O) groups is 1. The van der Waals surface area contributed by atoms with Crippen LogP contribution in [0.5, 0.6) is 11.5 Å². The maximum absolute atomic E-state index is 11.9. The summed E-state index contributed by atoms with van der Waals surface area (Å²) >= 11 is 5.87. The van der Waals surface area contributed by atoms with Crippen molar-refractivity contribution in [3.8, 4) is 11.5 Å². The molecule has 0 aliphatic rings. The van der Waals surface area contributed by atoms with Gasteiger partial charge in [0.15, 0.2) is 6.61 Å². The van der Waals surface area contributed by atoms with Crippen LogP contribution in [-0.2, 0) is 4.79 Å². The van der Waals surface area contributed by atoms with Crippen LogP contribution in [0.25, 0.3) is 0 Å². The van der Waals surface area contributed by atoms with Gasteiger partial charge < -0.3 is 14.8 Å². The topological polar surface area (TPSA) is 47.6 Å². The Balaban J connectivity index is 1.92. The number of rotatable bonds is 5. The zero-order chi connectivity index (χ0) is 15.2. The number of hydrogen-bond acceptors (Lipinski definition) is 3. The molecule has 21 heavy (non-hydrogen) atoms. The second-order valence-electron chi connectivity index (χ2n) is 4.48. The standard InChI is InChI=1S/C16H16ClNO3/c1-11-8-12(17)6-7-15(11)21-10-16(19)18-13-4-3-5-14(9-13)20-2/h3-9H,10H2,1-2H3,(H,18,19). The molecule has 0 aliphatic heterocycles. The van der Waals surface area contributed by atoms with E-state index < -0.39 is 0 Å². The molecule has 0 aliphatic carbocycles. The van der Waals surface area contributed by atoms with Crippen LogP contribution in [0.4, 0.5) is 5.69 Å².